The Bertz CT molecular complexity index is 1080. The highest BCUT2D eigenvalue weighted by atomic mass is 16.2. The van der Waals surface area contributed by atoms with Gasteiger partial charge < -0.3 is 32.3 Å². The molecule has 0 radical (unpaired) electrons. The van der Waals surface area contributed by atoms with Crippen molar-refractivity contribution in [2.75, 3.05) is 6.54 Å². The molecule has 1 aliphatic heterocycles. The van der Waals surface area contributed by atoms with Crippen molar-refractivity contribution in [3.05, 3.63) is 35.9 Å². The molecule has 0 aromatic heterocycles. The van der Waals surface area contributed by atoms with Gasteiger partial charge in [-0.25, -0.2) is 0 Å². The van der Waals surface area contributed by atoms with E-state index in [0.717, 1.165) is 5.56 Å². The summed E-state index contributed by atoms with van der Waals surface area (Å²) < 4.78 is 0. The number of hydrogen-bond donors (Lipinski definition) is 6. The van der Waals surface area contributed by atoms with Gasteiger partial charge in [-0.3, -0.25) is 24.0 Å². The van der Waals surface area contributed by atoms with Crippen LogP contribution in [0.1, 0.15) is 79.2 Å². The minimum atomic E-state index is -1.00. The van der Waals surface area contributed by atoms with Crippen molar-refractivity contribution in [2.45, 2.75) is 110 Å². The van der Waals surface area contributed by atoms with Crippen molar-refractivity contribution in [1.82, 2.24) is 26.6 Å². The molecule has 43 heavy (non-hydrogen) atoms. The zero-order valence-corrected chi connectivity index (χ0v) is 26.6. The molecule has 0 saturated carbocycles. The van der Waals surface area contributed by atoms with Crippen LogP contribution in [0, 0.1) is 17.8 Å². The van der Waals surface area contributed by atoms with Gasteiger partial charge in [0.1, 0.15) is 30.2 Å². The average Bonchev–Trinajstić information content (AvgIpc) is 2.93. The molecule has 1 aromatic carbocycles. The van der Waals surface area contributed by atoms with E-state index in [0.29, 0.717) is 38.6 Å². The Morgan fingerprint density at radius 2 is 1.07 bits per heavy atom. The van der Waals surface area contributed by atoms with Crippen LogP contribution in [0.4, 0.5) is 0 Å². The molecule has 0 bridgehead atoms. The van der Waals surface area contributed by atoms with E-state index in [1.54, 1.807) is 13.8 Å². The predicted octanol–water partition coefficient (Wildman–Crippen LogP) is 1.54. The van der Waals surface area contributed by atoms with Gasteiger partial charge in [0.05, 0.1) is 0 Å². The molecule has 1 aromatic rings. The molecule has 0 spiro atoms. The first-order valence-electron chi connectivity index (χ1n) is 15.6. The Morgan fingerprint density at radius 1 is 0.605 bits per heavy atom. The van der Waals surface area contributed by atoms with Crippen LogP contribution in [0.15, 0.2) is 30.3 Å². The zero-order valence-electron chi connectivity index (χ0n) is 26.6. The highest BCUT2D eigenvalue weighted by Gasteiger charge is 2.35. The summed E-state index contributed by atoms with van der Waals surface area (Å²) in [6, 6.07) is 4.51. The summed E-state index contributed by atoms with van der Waals surface area (Å²) in [5.74, 6) is -2.74. The van der Waals surface area contributed by atoms with Crippen LogP contribution in [0.25, 0.3) is 0 Å². The second-order valence-corrected chi connectivity index (χ2v) is 12.7. The van der Waals surface area contributed by atoms with E-state index >= 15 is 0 Å². The molecular weight excluding hydrogens is 548 g/mol. The standard InChI is InChI=1S/C32H52N6O5/c1-19(2)16-24-29(40)34-23(14-10-11-15-33)28(39)38-27(21(5)6)32(43)37-25(17-20(3)4)30(41)36-26(31(42)35-24)18-22-12-8-7-9-13-22/h7-9,12-13,19-21,23-27H,10-11,14-18,33H2,1-6H3,(H,34,40)(H,35,42)(H,36,41)(H,37,43)(H,38,39)/t23-,24-,25-,26-,27-/m0/s1. The number of nitrogens with one attached hydrogen (secondary N) is 5. The van der Waals surface area contributed by atoms with Gasteiger partial charge in [-0.2, -0.15) is 0 Å². The molecule has 11 heteroatoms. The summed E-state index contributed by atoms with van der Waals surface area (Å²) in [5.41, 5.74) is 6.49. The molecule has 0 aliphatic carbocycles. The highest BCUT2D eigenvalue weighted by Crippen LogP contribution is 2.13. The summed E-state index contributed by atoms with van der Waals surface area (Å²) >= 11 is 0. The van der Waals surface area contributed by atoms with Crippen molar-refractivity contribution in [3.63, 3.8) is 0 Å². The summed E-state index contributed by atoms with van der Waals surface area (Å²) in [5, 5.41) is 14.2. The number of rotatable bonds is 11. The quantitative estimate of drug-likeness (QED) is 0.210. The molecule has 5 atom stereocenters. The van der Waals surface area contributed by atoms with Gasteiger partial charge >= 0.3 is 0 Å². The smallest absolute Gasteiger partial charge is 0.243 e. The van der Waals surface area contributed by atoms with Crippen LogP contribution >= 0.6 is 0 Å². The molecule has 1 aliphatic rings. The van der Waals surface area contributed by atoms with Crippen LogP contribution in [-0.4, -0.2) is 66.3 Å². The number of carbonyl (C=O) groups is 5. The van der Waals surface area contributed by atoms with Crippen molar-refractivity contribution in [2.24, 2.45) is 23.5 Å². The fraction of sp³-hybridized carbons (Fsp3) is 0.656. The van der Waals surface area contributed by atoms with Crippen LogP contribution in [0.5, 0.6) is 0 Å². The van der Waals surface area contributed by atoms with E-state index in [1.165, 1.54) is 0 Å². The van der Waals surface area contributed by atoms with Gasteiger partial charge in [0.25, 0.3) is 0 Å². The largest absolute Gasteiger partial charge is 0.343 e. The van der Waals surface area contributed by atoms with Crippen molar-refractivity contribution in [3.8, 4) is 0 Å². The van der Waals surface area contributed by atoms with E-state index in [4.69, 9.17) is 5.73 Å². The van der Waals surface area contributed by atoms with Gasteiger partial charge in [-0.15, -0.1) is 0 Å². The predicted molar refractivity (Wildman–Crippen MR) is 166 cm³/mol. The molecule has 1 saturated heterocycles. The third-order valence-corrected chi connectivity index (χ3v) is 7.42. The zero-order chi connectivity index (χ0) is 32.1. The van der Waals surface area contributed by atoms with E-state index in [1.807, 2.05) is 58.0 Å². The number of hydrogen-bond acceptors (Lipinski definition) is 6. The molecule has 2 rings (SSSR count). The number of nitrogens with two attached hydrogens (primary N) is 1. The fourth-order valence-corrected chi connectivity index (χ4v) is 5.09. The Labute approximate surface area is 256 Å². The minimum absolute atomic E-state index is 0.0485. The number of benzene rings is 1. The summed E-state index contributed by atoms with van der Waals surface area (Å²) in [6.45, 7) is 11.8. The van der Waals surface area contributed by atoms with E-state index in [9.17, 15) is 24.0 Å². The maximum absolute atomic E-state index is 13.7. The van der Waals surface area contributed by atoms with Crippen LogP contribution in [-0.2, 0) is 30.4 Å². The lowest BCUT2D eigenvalue weighted by atomic mass is 9.98. The summed E-state index contributed by atoms with van der Waals surface area (Å²) in [6.07, 6.45) is 2.40. The molecule has 1 fully saturated rings. The molecule has 0 unspecified atom stereocenters. The maximum atomic E-state index is 13.7. The fourth-order valence-electron chi connectivity index (χ4n) is 5.09. The van der Waals surface area contributed by atoms with Crippen molar-refractivity contribution >= 4 is 29.5 Å². The van der Waals surface area contributed by atoms with E-state index in [2.05, 4.69) is 26.6 Å². The SMILES string of the molecule is CC(C)C[C@@H]1NC(=O)[C@H](Cc2ccccc2)NC(=O)[C@H](CC(C)C)NC(=O)[C@H](C(C)C)NC(=O)[C@H](CCCCN)NC1=O. The van der Waals surface area contributed by atoms with Gasteiger partial charge in [0.15, 0.2) is 0 Å². The third-order valence-electron chi connectivity index (χ3n) is 7.42. The minimum Gasteiger partial charge on any atom is -0.343 e. The van der Waals surface area contributed by atoms with Crippen molar-refractivity contribution < 1.29 is 24.0 Å². The first-order chi connectivity index (χ1) is 20.3. The first kappa shape index (κ1) is 35.7. The molecule has 7 N–H and O–H groups in total. The normalized spacial score (nSPS) is 24.5. The van der Waals surface area contributed by atoms with Gasteiger partial charge in [-0.05, 0) is 62.0 Å². The lowest BCUT2D eigenvalue weighted by molar-refractivity contribution is -0.135. The Morgan fingerprint density at radius 3 is 1.58 bits per heavy atom. The molecule has 5 amide bonds. The van der Waals surface area contributed by atoms with E-state index in [-0.39, 0.29) is 24.2 Å². The second-order valence-electron chi connectivity index (χ2n) is 12.7. The first-order valence-corrected chi connectivity index (χ1v) is 15.6. The number of unbranched alkanes of at least 4 members (excludes halogenated alkanes) is 1. The van der Waals surface area contributed by atoms with Crippen LogP contribution in [0.2, 0.25) is 0 Å². The summed E-state index contributed by atoms with van der Waals surface area (Å²) in [4.78, 5) is 68.1. The van der Waals surface area contributed by atoms with Crippen LogP contribution in [0.3, 0.4) is 0 Å². The summed E-state index contributed by atoms with van der Waals surface area (Å²) in [7, 11) is 0. The molecule has 1 heterocycles. The van der Waals surface area contributed by atoms with Crippen molar-refractivity contribution in [1.29, 1.82) is 0 Å². The molecule has 11 nitrogen and oxygen atoms in total. The third kappa shape index (κ3) is 12.0. The topological polar surface area (TPSA) is 172 Å². The average molecular weight is 601 g/mol. The van der Waals surface area contributed by atoms with E-state index < -0.39 is 59.7 Å². The lowest BCUT2D eigenvalue weighted by Gasteiger charge is -2.28. The molecule has 240 valence electrons. The Kier molecular flexibility index (Phi) is 14.6. The Balaban J connectivity index is 2.57. The number of carbonyl (C=O) groups excluding carboxylic acids is 5. The van der Waals surface area contributed by atoms with Gasteiger partial charge in [0, 0.05) is 6.42 Å². The molecular formula is C32H52N6O5. The maximum Gasteiger partial charge on any atom is 0.243 e. The monoisotopic (exact) mass is 600 g/mol. The Hall–Kier alpha value is -3.47. The highest BCUT2D eigenvalue weighted by molar-refractivity contribution is 5.98. The van der Waals surface area contributed by atoms with Gasteiger partial charge in [-0.1, -0.05) is 71.9 Å². The number of amides is 5. The second kappa shape index (κ2) is 17.6. The van der Waals surface area contributed by atoms with Gasteiger partial charge in [0.2, 0.25) is 29.5 Å². The van der Waals surface area contributed by atoms with Crippen LogP contribution < -0.4 is 32.3 Å². The lowest BCUT2D eigenvalue weighted by Crippen LogP contribution is -2.59.